The number of hydrogen-bond acceptors (Lipinski definition) is 3. The van der Waals surface area contributed by atoms with Gasteiger partial charge in [-0.15, -0.1) is 23.1 Å². The summed E-state index contributed by atoms with van der Waals surface area (Å²) in [5.41, 5.74) is 0. The van der Waals surface area contributed by atoms with Gasteiger partial charge in [-0.3, -0.25) is 0 Å². The van der Waals surface area contributed by atoms with Gasteiger partial charge in [-0.2, -0.15) is 0 Å². The topological polar surface area (TPSA) is 37.3 Å². The lowest BCUT2D eigenvalue weighted by Crippen LogP contribution is -1.84. The normalized spacial score (nSPS) is 11.0. The second-order valence-electron chi connectivity index (χ2n) is 3.72. The molecule has 1 N–H and O–H groups in total. The number of aliphatic carboxylic acids is 1. The van der Waals surface area contributed by atoms with E-state index in [4.69, 9.17) is 5.11 Å². The summed E-state index contributed by atoms with van der Waals surface area (Å²) in [4.78, 5) is 13.3. The second-order valence-corrected chi connectivity index (χ2v) is 5.97. The molecular formula is C14H11FO2S2. The standard InChI is InChI=1S/C14H11FO2S2/c15-10-2-1-3-12(8-10)18-9-13-5-4-11(19-13)6-7-14(16)17/h1-8H,9H2,(H,16,17). The summed E-state index contributed by atoms with van der Waals surface area (Å²) >= 11 is 3.09. The van der Waals surface area contributed by atoms with Crippen LogP contribution in [0, 0.1) is 5.82 Å². The Bertz CT molecular complexity index is 605. The van der Waals surface area contributed by atoms with E-state index in [0.717, 1.165) is 26.5 Å². The average molecular weight is 294 g/mol. The van der Waals surface area contributed by atoms with Gasteiger partial charge >= 0.3 is 5.97 Å². The highest BCUT2D eigenvalue weighted by atomic mass is 32.2. The maximum atomic E-state index is 13.0. The molecule has 0 saturated carbocycles. The lowest BCUT2D eigenvalue weighted by atomic mass is 10.4. The minimum atomic E-state index is -0.955. The van der Waals surface area contributed by atoms with E-state index >= 15 is 0 Å². The molecule has 0 aliphatic rings. The van der Waals surface area contributed by atoms with Gasteiger partial charge in [0, 0.05) is 26.5 Å². The van der Waals surface area contributed by atoms with E-state index in [1.807, 2.05) is 18.2 Å². The molecule has 0 fully saturated rings. The van der Waals surface area contributed by atoms with Gasteiger partial charge in [0.2, 0.25) is 0 Å². The smallest absolute Gasteiger partial charge is 0.328 e. The van der Waals surface area contributed by atoms with Crippen molar-refractivity contribution < 1.29 is 14.3 Å². The van der Waals surface area contributed by atoms with Gasteiger partial charge in [-0.25, -0.2) is 9.18 Å². The minimum absolute atomic E-state index is 0.235. The molecule has 0 radical (unpaired) electrons. The summed E-state index contributed by atoms with van der Waals surface area (Å²) in [7, 11) is 0. The Hall–Kier alpha value is -1.59. The molecule has 2 nitrogen and oxygen atoms in total. The van der Waals surface area contributed by atoms with Crippen LogP contribution >= 0.6 is 23.1 Å². The van der Waals surface area contributed by atoms with E-state index in [9.17, 15) is 9.18 Å². The Labute approximate surface area is 118 Å². The summed E-state index contributed by atoms with van der Waals surface area (Å²) in [6, 6.07) is 10.3. The number of halogens is 1. The Morgan fingerprint density at radius 3 is 2.95 bits per heavy atom. The van der Waals surface area contributed by atoms with Gasteiger partial charge < -0.3 is 5.11 Å². The van der Waals surface area contributed by atoms with Crippen molar-refractivity contribution in [3.05, 3.63) is 58.0 Å². The number of carbonyl (C=O) groups is 1. The van der Waals surface area contributed by atoms with Crippen LogP contribution in [-0.4, -0.2) is 11.1 Å². The number of hydrogen-bond donors (Lipinski definition) is 1. The van der Waals surface area contributed by atoms with Crippen LogP contribution in [0.5, 0.6) is 0 Å². The first-order valence-electron chi connectivity index (χ1n) is 5.51. The van der Waals surface area contributed by atoms with E-state index in [0.29, 0.717) is 0 Å². The molecule has 0 aliphatic heterocycles. The van der Waals surface area contributed by atoms with Crippen LogP contribution in [0.25, 0.3) is 6.08 Å². The molecule has 0 spiro atoms. The molecule has 0 amide bonds. The van der Waals surface area contributed by atoms with Crippen LogP contribution < -0.4 is 0 Å². The Kier molecular flexibility index (Phi) is 4.76. The fourth-order valence-electron chi connectivity index (χ4n) is 1.43. The van der Waals surface area contributed by atoms with Crippen molar-refractivity contribution >= 4 is 35.1 Å². The number of rotatable bonds is 5. The first-order valence-corrected chi connectivity index (χ1v) is 7.32. The molecule has 5 heteroatoms. The lowest BCUT2D eigenvalue weighted by molar-refractivity contribution is -0.131. The SMILES string of the molecule is O=C(O)C=Cc1ccc(CSc2cccc(F)c2)s1. The average Bonchev–Trinajstić information content (AvgIpc) is 2.82. The number of thiophene rings is 1. The number of benzene rings is 1. The summed E-state index contributed by atoms with van der Waals surface area (Å²) in [5, 5.41) is 8.54. The van der Waals surface area contributed by atoms with Crippen LogP contribution in [0.1, 0.15) is 9.75 Å². The quantitative estimate of drug-likeness (QED) is 0.660. The molecule has 1 aromatic heterocycles. The second kappa shape index (κ2) is 6.54. The molecule has 0 bridgehead atoms. The van der Waals surface area contributed by atoms with E-state index < -0.39 is 5.97 Å². The van der Waals surface area contributed by atoms with Gasteiger partial charge in [0.1, 0.15) is 5.82 Å². The van der Waals surface area contributed by atoms with Gasteiger partial charge in [-0.1, -0.05) is 6.07 Å². The molecule has 0 atom stereocenters. The predicted octanol–water partition coefficient (Wildman–Crippen LogP) is 4.28. The molecule has 2 aromatic rings. The highest BCUT2D eigenvalue weighted by molar-refractivity contribution is 7.98. The molecule has 0 unspecified atom stereocenters. The largest absolute Gasteiger partial charge is 0.478 e. The van der Waals surface area contributed by atoms with Crippen molar-refractivity contribution in [2.45, 2.75) is 10.6 Å². The van der Waals surface area contributed by atoms with E-state index in [1.165, 1.54) is 23.5 Å². The zero-order chi connectivity index (χ0) is 13.7. The Morgan fingerprint density at radius 2 is 2.21 bits per heavy atom. The molecule has 0 aliphatic carbocycles. The van der Waals surface area contributed by atoms with Crippen molar-refractivity contribution in [2.24, 2.45) is 0 Å². The fraction of sp³-hybridized carbons (Fsp3) is 0.0714. The van der Waals surface area contributed by atoms with Gasteiger partial charge in [0.05, 0.1) is 0 Å². The summed E-state index contributed by atoms with van der Waals surface area (Å²) in [5.74, 6) is -0.444. The first-order chi connectivity index (χ1) is 9.13. The van der Waals surface area contributed by atoms with Crippen LogP contribution in [0.15, 0.2) is 47.4 Å². The Morgan fingerprint density at radius 1 is 1.37 bits per heavy atom. The van der Waals surface area contributed by atoms with Gasteiger partial charge in [0.25, 0.3) is 0 Å². The summed E-state index contributed by atoms with van der Waals surface area (Å²) < 4.78 is 13.0. The molecule has 0 saturated heterocycles. The van der Waals surface area contributed by atoms with Crippen molar-refractivity contribution in [3.63, 3.8) is 0 Å². The van der Waals surface area contributed by atoms with Crippen LogP contribution in [0.3, 0.4) is 0 Å². The van der Waals surface area contributed by atoms with Crippen LogP contribution in [0.2, 0.25) is 0 Å². The summed E-state index contributed by atoms with van der Waals surface area (Å²) in [6.07, 6.45) is 2.69. The lowest BCUT2D eigenvalue weighted by Gasteiger charge is -1.99. The van der Waals surface area contributed by atoms with Crippen LogP contribution in [-0.2, 0) is 10.5 Å². The maximum Gasteiger partial charge on any atom is 0.328 e. The number of carboxylic acids is 1. The summed E-state index contributed by atoms with van der Waals surface area (Å²) in [6.45, 7) is 0. The zero-order valence-electron chi connectivity index (χ0n) is 9.88. The molecule has 1 aromatic carbocycles. The van der Waals surface area contributed by atoms with E-state index in [-0.39, 0.29) is 5.82 Å². The highest BCUT2D eigenvalue weighted by Gasteiger charge is 2.01. The molecule has 2 rings (SSSR count). The molecule has 1 heterocycles. The monoisotopic (exact) mass is 294 g/mol. The van der Waals surface area contributed by atoms with Crippen molar-refractivity contribution in [1.29, 1.82) is 0 Å². The van der Waals surface area contributed by atoms with Gasteiger partial charge in [-0.05, 0) is 36.4 Å². The maximum absolute atomic E-state index is 13.0. The minimum Gasteiger partial charge on any atom is -0.478 e. The van der Waals surface area contributed by atoms with Crippen molar-refractivity contribution in [2.75, 3.05) is 0 Å². The van der Waals surface area contributed by atoms with E-state index in [2.05, 4.69) is 0 Å². The Balaban J connectivity index is 1.95. The number of thioether (sulfide) groups is 1. The van der Waals surface area contributed by atoms with Gasteiger partial charge in [0.15, 0.2) is 0 Å². The van der Waals surface area contributed by atoms with Crippen molar-refractivity contribution in [3.8, 4) is 0 Å². The molecular weight excluding hydrogens is 283 g/mol. The van der Waals surface area contributed by atoms with Crippen LogP contribution in [0.4, 0.5) is 4.39 Å². The molecule has 98 valence electrons. The predicted molar refractivity (Wildman–Crippen MR) is 76.9 cm³/mol. The number of carboxylic acid groups (broad SMARTS) is 1. The third kappa shape index (κ3) is 4.54. The zero-order valence-corrected chi connectivity index (χ0v) is 11.5. The third-order valence-corrected chi connectivity index (χ3v) is 4.53. The van der Waals surface area contributed by atoms with E-state index in [1.54, 1.807) is 23.9 Å². The fourth-order valence-corrected chi connectivity index (χ4v) is 3.33. The highest BCUT2D eigenvalue weighted by Crippen LogP contribution is 2.27. The van der Waals surface area contributed by atoms with Crippen molar-refractivity contribution in [1.82, 2.24) is 0 Å². The first kappa shape index (κ1) is 13.8. The third-order valence-electron chi connectivity index (χ3n) is 2.25. The molecule has 19 heavy (non-hydrogen) atoms.